The third kappa shape index (κ3) is 4.91. The minimum Gasteiger partial charge on any atom is -0.469 e. The predicted molar refractivity (Wildman–Crippen MR) is 155 cm³/mol. The van der Waals surface area contributed by atoms with Crippen LogP contribution in [0.25, 0.3) is 0 Å². The standard InChI is InChI=1S/C34H51NO5/c1-20(10-13-30(38)40-5)26-11-12-27-31-21(2)16-23-17-24(35-32(39)25-9-7-6-8-22(25)19-36)14-15-33(23,3)28(31)18-29(37)34(26,27)4/h6-9,20-21,23-24,26-29,31,36-37H,10-19H2,1-5H3,(H,35,39)/t20?,21-,23?,24?,26-,27?,28?,29?,31?,33+,34-/m1/s1. The van der Waals surface area contributed by atoms with Crippen molar-refractivity contribution in [2.45, 2.75) is 104 Å². The van der Waals surface area contributed by atoms with E-state index in [4.69, 9.17) is 4.74 Å². The summed E-state index contributed by atoms with van der Waals surface area (Å²) in [5.74, 6) is 3.37. The zero-order chi connectivity index (χ0) is 28.8. The van der Waals surface area contributed by atoms with Crippen LogP contribution < -0.4 is 5.32 Å². The van der Waals surface area contributed by atoms with E-state index in [-0.39, 0.29) is 41.5 Å². The number of hydrogen-bond acceptors (Lipinski definition) is 5. The average molecular weight is 554 g/mol. The number of methoxy groups -OCH3 is 1. The van der Waals surface area contributed by atoms with Crippen LogP contribution in [-0.2, 0) is 16.1 Å². The molecule has 6 heteroatoms. The number of amides is 1. The smallest absolute Gasteiger partial charge is 0.305 e. The number of ether oxygens (including phenoxy) is 1. The van der Waals surface area contributed by atoms with Gasteiger partial charge in [-0.15, -0.1) is 0 Å². The highest BCUT2D eigenvalue weighted by Crippen LogP contribution is 2.69. The molecule has 7 unspecified atom stereocenters. The van der Waals surface area contributed by atoms with Crippen molar-refractivity contribution in [3.8, 4) is 0 Å². The summed E-state index contributed by atoms with van der Waals surface area (Å²) in [5.41, 5.74) is 1.32. The molecule has 4 aliphatic carbocycles. The molecule has 3 N–H and O–H groups in total. The van der Waals surface area contributed by atoms with Crippen molar-refractivity contribution < 1.29 is 24.5 Å². The van der Waals surface area contributed by atoms with Crippen molar-refractivity contribution in [1.82, 2.24) is 5.32 Å². The lowest BCUT2D eigenvalue weighted by atomic mass is 9.41. The number of nitrogens with one attached hydrogen (secondary N) is 1. The minimum absolute atomic E-state index is 0.0813. The first-order valence-electron chi connectivity index (χ1n) is 15.8. The van der Waals surface area contributed by atoms with Gasteiger partial charge < -0.3 is 20.3 Å². The zero-order valence-electron chi connectivity index (χ0n) is 25.2. The number of hydrogen-bond donors (Lipinski definition) is 3. The van der Waals surface area contributed by atoms with Crippen LogP contribution in [0.3, 0.4) is 0 Å². The van der Waals surface area contributed by atoms with Crippen molar-refractivity contribution in [1.29, 1.82) is 0 Å². The molecule has 0 radical (unpaired) electrons. The minimum atomic E-state index is -0.318. The number of carbonyl (C=O) groups excluding carboxylic acids is 2. The van der Waals surface area contributed by atoms with Gasteiger partial charge in [0.1, 0.15) is 0 Å². The summed E-state index contributed by atoms with van der Waals surface area (Å²) in [6, 6.07) is 7.46. The fraction of sp³-hybridized carbons (Fsp3) is 0.765. The first-order chi connectivity index (χ1) is 19.0. The van der Waals surface area contributed by atoms with Crippen LogP contribution in [0.1, 0.15) is 101 Å². The molecule has 1 amide bonds. The van der Waals surface area contributed by atoms with E-state index in [9.17, 15) is 19.8 Å². The number of aliphatic hydroxyl groups excluding tert-OH is 2. The molecular weight excluding hydrogens is 502 g/mol. The molecule has 4 aliphatic rings. The molecule has 1 aromatic carbocycles. The lowest BCUT2D eigenvalue weighted by molar-refractivity contribution is -0.185. The Labute approximate surface area is 240 Å². The SMILES string of the molecule is COC(=O)CCC(C)[C@H]1CCC2C3C(CC(O)[C@@]21C)[C@@]1(C)CCC(NC(=O)c2ccccc2CO)CC1C[C@H]3C. The Morgan fingerprint density at radius 2 is 1.85 bits per heavy atom. The highest BCUT2D eigenvalue weighted by Gasteiger charge is 2.65. The first kappa shape index (κ1) is 29.6. The quantitative estimate of drug-likeness (QED) is 0.374. The van der Waals surface area contributed by atoms with Gasteiger partial charge in [0.25, 0.3) is 5.91 Å². The molecular formula is C34H51NO5. The molecule has 0 bridgehead atoms. The van der Waals surface area contributed by atoms with Crippen LogP contribution in [0.2, 0.25) is 0 Å². The van der Waals surface area contributed by atoms with Gasteiger partial charge in [-0.1, -0.05) is 45.9 Å². The summed E-state index contributed by atoms with van der Waals surface area (Å²) in [6.45, 7) is 9.44. The summed E-state index contributed by atoms with van der Waals surface area (Å²) >= 11 is 0. The summed E-state index contributed by atoms with van der Waals surface area (Å²) in [5, 5.41) is 24.9. The van der Waals surface area contributed by atoms with Gasteiger partial charge in [0.2, 0.25) is 0 Å². The Kier molecular flexibility index (Phi) is 8.42. The molecule has 0 spiro atoms. The van der Waals surface area contributed by atoms with Crippen LogP contribution in [-0.4, -0.2) is 41.3 Å². The fourth-order valence-corrected chi connectivity index (χ4v) is 10.5. The van der Waals surface area contributed by atoms with E-state index in [0.717, 1.165) is 38.5 Å². The van der Waals surface area contributed by atoms with E-state index in [1.807, 2.05) is 18.2 Å². The Hall–Kier alpha value is -1.92. The number of aliphatic hydroxyl groups is 2. The van der Waals surface area contributed by atoms with E-state index in [0.29, 0.717) is 59.0 Å². The van der Waals surface area contributed by atoms with Gasteiger partial charge in [-0.3, -0.25) is 9.59 Å². The molecule has 1 aromatic rings. The number of rotatable bonds is 7. The zero-order valence-corrected chi connectivity index (χ0v) is 25.2. The Morgan fingerprint density at radius 1 is 1.10 bits per heavy atom. The van der Waals surface area contributed by atoms with E-state index >= 15 is 0 Å². The Balaban J connectivity index is 1.30. The molecule has 0 heterocycles. The second-order valence-corrected chi connectivity index (χ2v) is 14.4. The summed E-state index contributed by atoms with van der Waals surface area (Å²) in [6.07, 6.45) is 8.36. The third-order valence-electron chi connectivity index (χ3n) is 12.7. The van der Waals surface area contributed by atoms with Gasteiger partial charge in [0.05, 0.1) is 19.8 Å². The highest BCUT2D eigenvalue weighted by atomic mass is 16.5. The molecule has 222 valence electrons. The second-order valence-electron chi connectivity index (χ2n) is 14.4. The number of carbonyl (C=O) groups is 2. The molecule has 4 saturated carbocycles. The molecule has 40 heavy (non-hydrogen) atoms. The van der Waals surface area contributed by atoms with E-state index in [1.165, 1.54) is 20.0 Å². The largest absolute Gasteiger partial charge is 0.469 e. The first-order valence-corrected chi connectivity index (χ1v) is 15.8. The lowest BCUT2D eigenvalue weighted by Gasteiger charge is -2.64. The number of benzene rings is 1. The van der Waals surface area contributed by atoms with Crippen molar-refractivity contribution in [3.05, 3.63) is 35.4 Å². The van der Waals surface area contributed by atoms with Crippen LogP contribution in [0, 0.1) is 52.3 Å². The summed E-state index contributed by atoms with van der Waals surface area (Å²) in [4.78, 5) is 25.0. The summed E-state index contributed by atoms with van der Waals surface area (Å²) in [7, 11) is 1.46. The highest BCUT2D eigenvalue weighted by molar-refractivity contribution is 5.95. The van der Waals surface area contributed by atoms with Crippen LogP contribution >= 0.6 is 0 Å². The second kappa shape index (κ2) is 11.4. The average Bonchev–Trinajstić information content (AvgIpc) is 3.31. The van der Waals surface area contributed by atoms with Gasteiger partial charge in [0.15, 0.2) is 0 Å². The van der Waals surface area contributed by atoms with Crippen LogP contribution in [0.5, 0.6) is 0 Å². The van der Waals surface area contributed by atoms with Crippen LogP contribution in [0.4, 0.5) is 0 Å². The lowest BCUT2D eigenvalue weighted by Crippen LogP contribution is -2.61. The molecule has 0 aliphatic heterocycles. The maximum atomic E-state index is 13.1. The van der Waals surface area contributed by atoms with Crippen molar-refractivity contribution in [2.75, 3.05) is 7.11 Å². The van der Waals surface area contributed by atoms with Crippen molar-refractivity contribution in [3.63, 3.8) is 0 Å². The summed E-state index contributed by atoms with van der Waals surface area (Å²) < 4.78 is 4.90. The van der Waals surface area contributed by atoms with E-state index < -0.39 is 0 Å². The monoisotopic (exact) mass is 553 g/mol. The topological polar surface area (TPSA) is 95.9 Å². The molecule has 0 saturated heterocycles. The predicted octanol–water partition coefficient (Wildman–Crippen LogP) is 5.74. The molecule has 6 nitrogen and oxygen atoms in total. The molecule has 11 atom stereocenters. The maximum absolute atomic E-state index is 13.1. The van der Waals surface area contributed by atoms with E-state index in [1.54, 1.807) is 6.07 Å². The Morgan fingerprint density at radius 3 is 2.58 bits per heavy atom. The van der Waals surface area contributed by atoms with E-state index in [2.05, 4.69) is 33.0 Å². The maximum Gasteiger partial charge on any atom is 0.305 e. The van der Waals surface area contributed by atoms with Crippen molar-refractivity contribution >= 4 is 11.9 Å². The van der Waals surface area contributed by atoms with Gasteiger partial charge in [-0.25, -0.2) is 0 Å². The van der Waals surface area contributed by atoms with Crippen LogP contribution in [0.15, 0.2) is 24.3 Å². The Bertz CT molecular complexity index is 1090. The number of fused-ring (bicyclic) bond motifs is 5. The van der Waals surface area contributed by atoms with Gasteiger partial charge in [0, 0.05) is 18.0 Å². The van der Waals surface area contributed by atoms with Gasteiger partial charge in [-0.2, -0.15) is 0 Å². The third-order valence-corrected chi connectivity index (χ3v) is 12.7. The van der Waals surface area contributed by atoms with Gasteiger partial charge >= 0.3 is 5.97 Å². The molecule has 4 fully saturated rings. The van der Waals surface area contributed by atoms with Gasteiger partial charge in [-0.05, 0) is 115 Å². The molecule has 5 rings (SSSR count). The number of esters is 1. The van der Waals surface area contributed by atoms with Crippen molar-refractivity contribution in [2.24, 2.45) is 52.3 Å². The fourth-order valence-electron chi connectivity index (χ4n) is 10.5. The normalized spacial score (nSPS) is 41.3. The molecule has 0 aromatic heterocycles.